The van der Waals surface area contributed by atoms with Gasteiger partial charge in [-0.15, -0.1) is 10.2 Å². The normalized spacial score (nSPS) is 11.8. The van der Waals surface area contributed by atoms with Crippen molar-refractivity contribution >= 4 is 58.2 Å². The molecule has 1 atom stereocenters. The van der Waals surface area contributed by atoms with Gasteiger partial charge in [0.15, 0.2) is 11.0 Å². The van der Waals surface area contributed by atoms with Crippen LogP contribution in [-0.4, -0.2) is 37.3 Å². The maximum absolute atomic E-state index is 12.9. The number of amides is 2. The molecule has 0 saturated carbocycles. The van der Waals surface area contributed by atoms with Crippen molar-refractivity contribution in [2.75, 3.05) is 11.1 Å². The van der Waals surface area contributed by atoms with Gasteiger partial charge in [-0.2, -0.15) is 0 Å². The fraction of sp³-hybridized carbons (Fsp3) is 0.304. The number of nitro groups is 1. The van der Waals surface area contributed by atoms with Gasteiger partial charge in [0.2, 0.25) is 5.91 Å². The van der Waals surface area contributed by atoms with E-state index in [-0.39, 0.29) is 28.8 Å². The van der Waals surface area contributed by atoms with E-state index in [1.807, 2.05) is 25.3 Å². The van der Waals surface area contributed by atoms with E-state index >= 15 is 0 Å². The molecule has 2 aromatic carbocycles. The Kier molecular flexibility index (Phi) is 9.30. The molecule has 13 heteroatoms. The molecule has 3 rings (SSSR count). The quantitative estimate of drug-likeness (QED) is 0.197. The van der Waals surface area contributed by atoms with E-state index in [1.54, 1.807) is 18.2 Å². The summed E-state index contributed by atoms with van der Waals surface area (Å²) in [6.07, 6.45) is 0. The van der Waals surface area contributed by atoms with Crippen LogP contribution in [0.2, 0.25) is 10.0 Å². The Morgan fingerprint density at radius 2 is 1.83 bits per heavy atom. The molecule has 1 heterocycles. The first kappa shape index (κ1) is 27.4. The van der Waals surface area contributed by atoms with Crippen LogP contribution in [0, 0.1) is 16.0 Å². The van der Waals surface area contributed by atoms with E-state index in [1.165, 1.54) is 36.0 Å². The monoisotopic (exact) mass is 550 g/mol. The Morgan fingerprint density at radius 3 is 2.44 bits per heavy atom. The lowest BCUT2D eigenvalue weighted by molar-refractivity contribution is -0.384. The van der Waals surface area contributed by atoms with Gasteiger partial charge in [-0.1, -0.05) is 54.9 Å². The number of non-ortho nitro benzene ring substituents is 1. The number of benzene rings is 2. The Bertz CT molecular complexity index is 1260. The smallest absolute Gasteiger partial charge is 0.270 e. The van der Waals surface area contributed by atoms with Gasteiger partial charge in [0.25, 0.3) is 11.6 Å². The molecule has 0 bridgehead atoms. The highest BCUT2D eigenvalue weighted by atomic mass is 35.5. The van der Waals surface area contributed by atoms with Crippen molar-refractivity contribution in [1.82, 2.24) is 20.1 Å². The first-order valence-corrected chi connectivity index (χ1v) is 12.7. The Hall–Kier alpha value is -3.15. The summed E-state index contributed by atoms with van der Waals surface area (Å²) in [6, 6.07) is 9.78. The van der Waals surface area contributed by atoms with Gasteiger partial charge in [-0.3, -0.25) is 19.7 Å². The second kappa shape index (κ2) is 12.2. The molecule has 36 heavy (non-hydrogen) atoms. The number of nitro benzene ring substituents is 1. The zero-order valence-corrected chi connectivity index (χ0v) is 22.0. The largest absolute Gasteiger partial charge is 0.342 e. The molecule has 0 radical (unpaired) electrons. The van der Waals surface area contributed by atoms with E-state index in [0.29, 0.717) is 33.3 Å². The van der Waals surface area contributed by atoms with Crippen LogP contribution in [0.25, 0.3) is 0 Å². The van der Waals surface area contributed by atoms with Gasteiger partial charge in [0, 0.05) is 40.0 Å². The number of thioether (sulfide) groups is 1. The molecule has 0 saturated heterocycles. The van der Waals surface area contributed by atoms with Crippen LogP contribution in [-0.2, 0) is 11.3 Å². The summed E-state index contributed by atoms with van der Waals surface area (Å²) in [5, 5.41) is 26.6. The third-order valence-electron chi connectivity index (χ3n) is 5.09. The average molecular weight is 551 g/mol. The summed E-state index contributed by atoms with van der Waals surface area (Å²) in [5.74, 6) is -0.206. The third kappa shape index (κ3) is 6.96. The van der Waals surface area contributed by atoms with Crippen molar-refractivity contribution in [2.45, 2.75) is 38.5 Å². The number of nitrogens with zero attached hydrogens (tertiary/aromatic N) is 4. The van der Waals surface area contributed by atoms with E-state index < -0.39 is 16.9 Å². The number of aromatic nitrogens is 3. The molecule has 2 amide bonds. The standard InChI is InChI=1S/C23H24Cl2N6O4S/c1-4-30-21(20(13(2)3)27-22(33)14-6-5-7-18(8-14)31(34)35)28-29-23(30)36-12-19(32)26-17-10-15(24)9-16(25)11-17/h5-11,13,20H,4,12H2,1-3H3,(H,26,32)(H,27,33)/t20-/m1/s1. The number of carbonyl (C=O) groups excluding carboxylic acids is 2. The molecule has 0 fully saturated rings. The summed E-state index contributed by atoms with van der Waals surface area (Å²) in [4.78, 5) is 35.9. The zero-order chi connectivity index (χ0) is 26.4. The van der Waals surface area contributed by atoms with E-state index in [4.69, 9.17) is 23.2 Å². The summed E-state index contributed by atoms with van der Waals surface area (Å²) in [6.45, 7) is 6.25. The van der Waals surface area contributed by atoms with Crippen LogP contribution in [0.3, 0.4) is 0 Å². The molecular weight excluding hydrogens is 527 g/mol. The molecular formula is C23H24Cl2N6O4S. The van der Waals surface area contributed by atoms with Crippen molar-refractivity contribution in [1.29, 1.82) is 0 Å². The number of nitrogens with one attached hydrogen (secondary N) is 2. The van der Waals surface area contributed by atoms with Crippen molar-refractivity contribution in [3.63, 3.8) is 0 Å². The molecule has 0 spiro atoms. The molecule has 3 aromatic rings. The van der Waals surface area contributed by atoms with Gasteiger partial charge in [0.1, 0.15) is 0 Å². The van der Waals surface area contributed by atoms with Gasteiger partial charge < -0.3 is 15.2 Å². The lowest BCUT2D eigenvalue weighted by Crippen LogP contribution is -2.33. The topological polar surface area (TPSA) is 132 Å². The molecule has 0 aliphatic heterocycles. The minimum atomic E-state index is -0.551. The maximum Gasteiger partial charge on any atom is 0.270 e. The Balaban J connectivity index is 1.73. The SMILES string of the molecule is CCn1c(SCC(=O)Nc2cc(Cl)cc(Cl)c2)nnc1[C@H](NC(=O)c1cccc([N+](=O)[O-])c1)C(C)C. The van der Waals surface area contributed by atoms with E-state index in [2.05, 4.69) is 20.8 Å². The number of hydrogen-bond acceptors (Lipinski definition) is 7. The first-order chi connectivity index (χ1) is 17.1. The summed E-state index contributed by atoms with van der Waals surface area (Å²) >= 11 is 13.2. The van der Waals surface area contributed by atoms with Crippen molar-refractivity contribution in [2.24, 2.45) is 5.92 Å². The number of rotatable bonds is 10. The van der Waals surface area contributed by atoms with Crippen LogP contribution in [0.4, 0.5) is 11.4 Å². The zero-order valence-electron chi connectivity index (χ0n) is 19.7. The van der Waals surface area contributed by atoms with Crippen molar-refractivity contribution in [3.8, 4) is 0 Å². The highest BCUT2D eigenvalue weighted by molar-refractivity contribution is 7.99. The second-order valence-electron chi connectivity index (χ2n) is 8.08. The minimum absolute atomic E-state index is 0.0594. The molecule has 0 unspecified atom stereocenters. The van der Waals surface area contributed by atoms with Crippen molar-refractivity contribution in [3.05, 3.63) is 74.0 Å². The fourth-order valence-electron chi connectivity index (χ4n) is 3.40. The predicted molar refractivity (Wildman–Crippen MR) is 140 cm³/mol. The van der Waals surface area contributed by atoms with Crippen LogP contribution in [0.5, 0.6) is 0 Å². The summed E-state index contributed by atoms with van der Waals surface area (Å²) < 4.78 is 1.83. The number of anilines is 1. The highest BCUT2D eigenvalue weighted by Gasteiger charge is 2.26. The second-order valence-corrected chi connectivity index (χ2v) is 9.90. The number of halogens is 2. The predicted octanol–water partition coefficient (Wildman–Crippen LogP) is 5.37. The minimum Gasteiger partial charge on any atom is -0.342 e. The highest BCUT2D eigenvalue weighted by Crippen LogP contribution is 2.27. The average Bonchev–Trinajstić information content (AvgIpc) is 3.22. The fourth-order valence-corrected chi connectivity index (χ4v) is 4.74. The Morgan fingerprint density at radius 1 is 1.14 bits per heavy atom. The number of carbonyl (C=O) groups is 2. The molecule has 190 valence electrons. The molecule has 1 aromatic heterocycles. The number of hydrogen-bond donors (Lipinski definition) is 2. The van der Waals surface area contributed by atoms with Crippen LogP contribution >= 0.6 is 35.0 Å². The lowest BCUT2D eigenvalue weighted by Gasteiger charge is -2.22. The third-order valence-corrected chi connectivity index (χ3v) is 6.49. The molecule has 2 N–H and O–H groups in total. The molecule has 0 aliphatic rings. The van der Waals surface area contributed by atoms with Gasteiger partial charge >= 0.3 is 0 Å². The van der Waals surface area contributed by atoms with Crippen LogP contribution in [0.15, 0.2) is 47.6 Å². The summed E-state index contributed by atoms with van der Waals surface area (Å²) in [5.41, 5.74) is 0.488. The van der Waals surface area contributed by atoms with E-state index in [0.717, 1.165) is 0 Å². The lowest BCUT2D eigenvalue weighted by atomic mass is 10.0. The van der Waals surface area contributed by atoms with Gasteiger partial charge in [-0.05, 0) is 37.1 Å². The van der Waals surface area contributed by atoms with Gasteiger partial charge in [-0.25, -0.2) is 0 Å². The maximum atomic E-state index is 12.9. The van der Waals surface area contributed by atoms with Crippen LogP contribution in [0.1, 0.15) is 43.0 Å². The van der Waals surface area contributed by atoms with Gasteiger partial charge in [0.05, 0.1) is 16.7 Å². The molecule has 0 aliphatic carbocycles. The van der Waals surface area contributed by atoms with Crippen LogP contribution < -0.4 is 10.6 Å². The molecule has 10 nitrogen and oxygen atoms in total. The van der Waals surface area contributed by atoms with E-state index in [9.17, 15) is 19.7 Å². The summed E-state index contributed by atoms with van der Waals surface area (Å²) in [7, 11) is 0. The first-order valence-electron chi connectivity index (χ1n) is 11.0. The van der Waals surface area contributed by atoms with Crippen molar-refractivity contribution < 1.29 is 14.5 Å². The Labute approximate surface area is 221 Å².